The molecule has 1 N–H and O–H groups in total. The molecule has 1 atom stereocenters. The minimum absolute atomic E-state index is 0.00252. The van der Waals surface area contributed by atoms with Gasteiger partial charge >= 0.3 is 6.09 Å². The highest BCUT2D eigenvalue weighted by Crippen LogP contribution is 2.31. The highest BCUT2D eigenvalue weighted by atomic mass is 16.6. The third-order valence-electron chi connectivity index (χ3n) is 4.75. The predicted molar refractivity (Wildman–Crippen MR) is 99.1 cm³/mol. The molecule has 3 aromatic rings. The zero-order chi connectivity index (χ0) is 18.8. The van der Waals surface area contributed by atoms with Crippen molar-refractivity contribution in [1.82, 2.24) is 25.1 Å². The first kappa shape index (κ1) is 17.0. The number of ether oxygens (including phenoxy) is 1. The van der Waals surface area contributed by atoms with E-state index in [2.05, 4.69) is 25.1 Å². The Kier molecular flexibility index (Phi) is 4.46. The second-order valence-corrected chi connectivity index (χ2v) is 6.60. The average molecular weight is 365 g/mol. The molecule has 1 amide bonds. The Hall–Kier alpha value is -3.41. The van der Waals surface area contributed by atoms with Gasteiger partial charge in [0.05, 0.1) is 18.8 Å². The molecule has 9 heteroatoms. The van der Waals surface area contributed by atoms with E-state index in [1.165, 1.54) is 4.90 Å². The van der Waals surface area contributed by atoms with Gasteiger partial charge in [-0.25, -0.2) is 9.78 Å². The minimum Gasteiger partial charge on any atom is -0.444 e. The Morgan fingerprint density at radius 1 is 1.52 bits per heavy atom. The van der Waals surface area contributed by atoms with E-state index in [0.717, 1.165) is 47.0 Å². The number of aromatic amines is 1. The Morgan fingerprint density at radius 2 is 2.41 bits per heavy atom. The second kappa shape index (κ2) is 7.07. The number of carbonyl (C=O) groups excluding carboxylic acids is 1. The molecule has 1 saturated heterocycles. The maximum Gasteiger partial charge on any atom is 0.410 e. The first-order valence-corrected chi connectivity index (χ1v) is 8.78. The van der Waals surface area contributed by atoms with Gasteiger partial charge < -0.3 is 14.6 Å². The molecule has 1 fully saturated rings. The maximum absolute atomic E-state index is 12.1. The summed E-state index contributed by atoms with van der Waals surface area (Å²) in [7, 11) is 1.55. The van der Waals surface area contributed by atoms with E-state index in [4.69, 9.17) is 10.00 Å². The first-order chi connectivity index (χ1) is 13.2. The van der Waals surface area contributed by atoms with Crippen molar-refractivity contribution >= 4 is 33.7 Å². The number of hydrogen-bond donors (Lipinski definition) is 1. The second-order valence-electron chi connectivity index (χ2n) is 6.60. The number of hydrogen-bond acceptors (Lipinski definition) is 7. The number of nitrogens with one attached hydrogen (secondary N) is 1. The van der Waals surface area contributed by atoms with Gasteiger partial charge in [0, 0.05) is 42.1 Å². The SMILES string of the molecule is CN(CC#N)C(=O)OC1CCCN(c2nncc3cnc4[nH]ccc4c23)C1. The molecule has 0 aliphatic carbocycles. The summed E-state index contributed by atoms with van der Waals surface area (Å²) in [5.74, 6) is 0.769. The number of H-pyrrole nitrogens is 1. The van der Waals surface area contributed by atoms with Crippen molar-refractivity contribution in [2.45, 2.75) is 18.9 Å². The van der Waals surface area contributed by atoms with Crippen molar-refractivity contribution in [2.24, 2.45) is 0 Å². The molecule has 0 saturated carbocycles. The Labute approximate surface area is 155 Å². The third kappa shape index (κ3) is 3.21. The normalized spacial score (nSPS) is 17.0. The molecule has 0 aromatic carbocycles. The standard InChI is InChI=1S/C18H19N7O2/c1-24(8-5-19)18(26)27-13-3-2-7-25(11-13)17-15-12(10-22-23-17)9-21-16-14(15)4-6-20-16/h4,6,9-10,13H,2-3,7-8,11H2,1H3,(H,20,21). The molecule has 27 heavy (non-hydrogen) atoms. The summed E-state index contributed by atoms with van der Waals surface area (Å²) in [4.78, 5) is 23.0. The average Bonchev–Trinajstić information content (AvgIpc) is 3.17. The van der Waals surface area contributed by atoms with E-state index in [1.807, 2.05) is 18.3 Å². The summed E-state index contributed by atoms with van der Waals surface area (Å²) in [6.07, 6.45) is 6.26. The van der Waals surface area contributed by atoms with Gasteiger partial charge in [-0.2, -0.15) is 10.4 Å². The molecule has 138 valence electrons. The summed E-state index contributed by atoms with van der Waals surface area (Å²) in [5, 5.41) is 20.1. The van der Waals surface area contributed by atoms with Crippen LogP contribution in [0.1, 0.15) is 12.8 Å². The van der Waals surface area contributed by atoms with Gasteiger partial charge in [-0.05, 0) is 18.9 Å². The predicted octanol–water partition coefficient (Wildman–Crippen LogP) is 2.07. The van der Waals surface area contributed by atoms with Crippen molar-refractivity contribution in [3.05, 3.63) is 24.7 Å². The molecular weight excluding hydrogens is 346 g/mol. The fourth-order valence-electron chi connectivity index (χ4n) is 3.42. The van der Waals surface area contributed by atoms with Crippen LogP contribution in [0.4, 0.5) is 10.6 Å². The van der Waals surface area contributed by atoms with Crippen LogP contribution in [0.15, 0.2) is 24.7 Å². The topological polar surface area (TPSA) is 111 Å². The van der Waals surface area contributed by atoms with Crippen LogP contribution in [0.3, 0.4) is 0 Å². The highest BCUT2D eigenvalue weighted by molar-refractivity contribution is 6.09. The van der Waals surface area contributed by atoms with Crippen LogP contribution in [-0.4, -0.2) is 63.9 Å². The molecule has 0 bridgehead atoms. The Balaban J connectivity index is 1.61. The van der Waals surface area contributed by atoms with Crippen LogP contribution in [0, 0.1) is 11.3 Å². The number of nitrogens with zero attached hydrogens (tertiary/aromatic N) is 6. The van der Waals surface area contributed by atoms with E-state index in [-0.39, 0.29) is 12.6 Å². The molecule has 1 aliphatic rings. The highest BCUT2D eigenvalue weighted by Gasteiger charge is 2.27. The van der Waals surface area contributed by atoms with Gasteiger partial charge in [0.2, 0.25) is 0 Å². The lowest BCUT2D eigenvalue weighted by Gasteiger charge is -2.34. The molecule has 4 heterocycles. The van der Waals surface area contributed by atoms with E-state index < -0.39 is 6.09 Å². The van der Waals surface area contributed by atoms with Gasteiger partial charge in [0.1, 0.15) is 18.3 Å². The first-order valence-electron chi connectivity index (χ1n) is 8.78. The monoisotopic (exact) mass is 365 g/mol. The summed E-state index contributed by atoms with van der Waals surface area (Å²) >= 11 is 0. The van der Waals surface area contributed by atoms with Gasteiger partial charge in [0.25, 0.3) is 0 Å². The number of nitriles is 1. The summed E-state index contributed by atoms with van der Waals surface area (Å²) in [5.41, 5.74) is 0.801. The molecule has 1 aliphatic heterocycles. The van der Waals surface area contributed by atoms with Gasteiger partial charge in [-0.15, -0.1) is 5.10 Å². The van der Waals surface area contributed by atoms with Crippen LogP contribution < -0.4 is 4.90 Å². The Bertz CT molecular complexity index is 1030. The number of amides is 1. The third-order valence-corrected chi connectivity index (χ3v) is 4.75. The summed E-state index contributed by atoms with van der Waals surface area (Å²) in [6.45, 7) is 1.35. The largest absolute Gasteiger partial charge is 0.444 e. The van der Waals surface area contributed by atoms with Crippen molar-refractivity contribution in [2.75, 3.05) is 31.6 Å². The zero-order valence-corrected chi connectivity index (χ0v) is 14.9. The van der Waals surface area contributed by atoms with Gasteiger partial charge in [0.15, 0.2) is 5.82 Å². The van der Waals surface area contributed by atoms with Crippen molar-refractivity contribution in [3.63, 3.8) is 0 Å². The van der Waals surface area contributed by atoms with Crippen LogP contribution in [0.5, 0.6) is 0 Å². The minimum atomic E-state index is -0.482. The van der Waals surface area contributed by atoms with E-state index in [0.29, 0.717) is 6.54 Å². The zero-order valence-electron chi connectivity index (χ0n) is 14.9. The molecule has 9 nitrogen and oxygen atoms in total. The number of rotatable bonds is 3. The number of anilines is 1. The quantitative estimate of drug-likeness (QED) is 0.707. The Morgan fingerprint density at radius 3 is 3.26 bits per heavy atom. The lowest BCUT2D eigenvalue weighted by atomic mass is 10.1. The fourth-order valence-corrected chi connectivity index (χ4v) is 3.42. The smallest absolute Gasteiger partial charge is 0.410 e. The number of pyridine rings is 1. The van der Waals surface area contributed by atoms with Gasteiger partial charge in [-0.3, -0.25) is 4.90 Å². The lowest BCUT2D eigenvalue weighted by molar-refractivity contribution is 0.0646. The van der Waals surface area contributed by atoms with E-state index >= 15 is 0 Å². The molecule has 4 rings (SSSR count). The number of piperidine rings is 1. The van der Waals surface area contributed by atoms with Crippen molar-refractivity contribution < 1.29 is 9.53 Å². The van der Waals surface area contributed by atoms with Crippen LogP contribution >= 0.6 is 0 Å². The number of carbonyl (C=O) groups is 1. The van der Waals surface area contributed by atoms with Crippen LogP contribution in [0.2, 0.25) is 0 Å². The molecule has 0 spiro atoms. The number of aromatic nitrogens is 4. The van der Waals surface area contributed by atoms with Crippen LogP contribution in [-0.2, 0) is 4.74 Å². The van der Waals surface area contributed by atoms with E-state index in [9.17, 15) is 4.79 Å². The fraction of sp³-hybridized carbons (Fsp3) is 0.389. The molecule has 3 aromatic heterocycles. The van der Waals surface area contributed by atoms with Crippen LogP contribution in [0.25, 0.3) is 21.8 Å². The number of fused-ring (bicyclic) bond motifs is 3. The summed E-state index contributed by atoms with van der Waals surface area (Å²) < 4.78 is 5.57. The van der Waals surface area contributed by atoms with Crippen molar-refractivity contribution in [1.29, 1.82) is 5.26 Å². The van der Waals surface area contributed by atoms with Crippen molar-refractivity contribution in [3.8, 4) is 6.07 Å². The van der Waals surface area contributed by atoms with E-state index in [1.54, 1.807) is 19.4 Å². The maximum atomic E-state index is 12.1. The van der Waals surface area contributed by atoms with Gasteiger partial charge in [-0.1, -0.05) is 0 Å². The molecule has 1 unspecified atom stereocenters. The summed E-state index contributed by atoms with van der Waals surface area (Å²) in [6, 6.07) is 3.92. The lowest BCUT2D eigenvalue weighted by Crippen LogP contribution is -2.43. The molecular formula is C18H19N7O2. The molecule has 0 radical (unpaired) electrons.